The molecule has 0 atom stereocenters. The third-order valence-electron chi connectivity index (χ3n) is 2.45. The number of nitrogens with zero attached hydrogens (tertiary/aromatic N) is 4. The Labute approximate surface area is 105 Å². The number of halogens is 1. The highest BCUT2D eigenvalue weighted by Gasteiger charge is 2.15. The molecule has 0 radical (unpaired) electrons. The first kappa shape index (κ1) is 10.5. The minimum atomic E-state index is 0.473. The van der Waals surface area contributed by atoms with Gasteiger partial charge in [0.1, 0.15) is 5.69 Å². The number of aromatic nitrogens is 4. The van der Waals surface area contributed by atoms with Gasteiger partial charge in [-0.25, -0.2) is 4.68 Å². The van der Waals surface area contributed by atoms with Crippen LogP contribution in [0.3, 0.4) is 0 Å². The molecule has 7 heteroatoms. The van der Waals surface area contributed by atoms with Crippen LogP contribution in [0.15, 0.2) is 17.8 Å². The van der Waals surface area contributed by atoms with Gasteiger partial charge in [0, 0.05) is 11.6 Å². The molecule has 0 bridgehead atoms. The van der Waals surface area contributed by atoms with Crippen molar-refractivity contribution in [3.63, 3.8) is 0 Å². The van der Waals surface area contributed by atoms with E-state index in [0.29, 0.717) is 22.2 Å². The van der Waals surface area contributed by atoms with E-state index in [0.717, 1.165) is 11.2 Å². The van der Waals surface area contributed by atoms with Crippen molar-refractivity contribution in [1.82, 2.24) is 19.2 Å². The number of imidazole rings is 1. The number of hydrogen-bond acceptors (Lipinski definition) is 4. The SMILES string of the molecule is Cc1nn(-c2nc3sccn3c2C=O)cc1Cl. The van der Waals surface area contributed by atoms with E-state index in [2.05, 4.69) is 10.1 Å². The van der Waals surface area contributed by atoms with Crippen LogP contribution in [0.2, 0.25) is 5.02 Å². The second-order valence-electron chi connectivity index (χ2n) is 3.50. The quantitative estimate of drug-likeness (QED) is 0.669. The van der Waals surface area contributed by atoms with Crippen molar-refractivity contribution in [1.29, 1.82) is 0 Å². The molecule has 0 spiro atoms. The molecule has 3 heterocycles. The summed E-state index contributed by atoms with van der Waals surface area (Å²) in [6.07, 6.45) is 4.22. The smallest absolute Gasteiger partial charge is 0.196 e. The number of aldehydes is 1. The highest BCUT2D eigenvalue weighted by molar-refractivity contribution is 7.15. The zero-order valence-corrected chi connectivity index (χ0v) is 10.4. The van der Waals surface area contributed by atoms with Crippen LogP contribution in [-0.2, 0) is 0 Å². The van der Waals surface area contributed by atoms with Gasteiger partial charge in [0.2, 0.25) is 0 Å². The predicted octanol–water partition coefficient (Wildman–Crippen LogP) is 2.36. The lowest BCUT2D eigenvalue weighted by molar-refractivity contribution is 0.111. The fraction of sp³-hybridized carbons (Fsp3) is 0.100. The first-order valence-electron chi connectivity index (χ1n) is 4.83. The molecule has 0 aliphatic carbocycles. The number of carbonyl (C=O) groups excluding carboxylic acids is 1. The van der Waals surface area contributed by atoms with Crippen LogP contribution >= 0.6 is 22.9 Å². The molecular weight excluding hydrogens is 260 g/mol. The topological polar surface area (TPSA) is 52.2 Å². The molecule has 0 aliphatic rings. The molecular formula is C10H7ClN4OS. The van der Waals surface area contributed by atoms with Crippen LogP contribution in [0.1, 0.15) is 16.2 Å². The third-order valence-corrected chi connectivity index (χ3v) is 3.57. The molecule has 0 aliphatic heterocycles. The molecule has 0 amide bonds. The number of carbonyl (C=O) groups is 1. The zero-order chi connectivity index (χ0) is 12.0. The van der Waals surface area contributed by atoms with Gasteiger partial charge < -0.3 is 0 Å². The first-order chi connectivity index (χ1) is 8.20. The summed E-state index contributed by atoms with van der Waals surface area (Å²) < 4.78 is 3.26. The summed E-state index contributed by atoms with van der Waals surface area (Å²) in [5.74, 6) is 0.502. The number of fused-ring (bicyclic) bond motifs is 1. The molecule has 17 heavy (non-hydrogen) atoms. The van der Waals surface area contributed by atoms with E-state index in [1.807, 2.05) is 5.38 Å². The monoisotopic (exact) mass is 266 g/mol. The standard InChI is InChI=1S/C10H7ClN4OS/c1-6-7(11)4-15(13-6)9-8(5-16)14-2-3-17-10(14)12-9/h2-5H,1H3. The van der Waals surface area contributed by atoms with Crippen molar-refractivity contribution >= 4 is 34.2 Å². The lowest BCUT2D eigenvalue weighted by atomic mass is 10.4. The normalized spacial score (nSPS) is 11.2. The fourth-order valence-corrected chi connectivity index (χ4v) is 2.46. The van der Waals surface area contributed by atoms with Gasteiger partial charge in [-0.05, 0) is 6.92 Å². The second-order valence-corrected chi connectivity index (χ2v) is 4.78. The lowest BCUT2D eigenvalue weighted by Crippen LogP contribution is -2.00. The van der Waals surface area contributed by atoms with E-state index in [1.165, 1.54) is 16.0 Å². The van der Waals surface area contributed by atoms with Gasteiger partial charge in [0.05, 0.1) is 16.9 Å². The second kappa shape index (κ2) is 3.68. The van der Waals surface area contributed by atoms with Crippen LogP contribution in [0.5, 0.6) is 0 Å². The van der Waals surface area contributed by atoms with Gasteiger partial charge in [-0.3, -0.25) is 9.20 Å². The number of aryl methyl sites for hydroxylation is 1. The maximum atomic E-state index is 11.1. The Morgan fingerprint density at radius 2 is 2.35 bits per heavy atom. The molecule has 3 rings (SSSR count). The summed E-state index contributed by atoms with van der Waals surface area (Å²) in [5, 5.41) is 6.65. The molecule has 5 nitrogen and oxygen atoms in total. The third kappa shape index (κ3) is 1.49. The van der Waals surface area contributed by atoms with E-state index in [4.69, 9.17) is 11.6 Å². The Morgan fingerprint density at radius 1 is 1.53 bits per heavy atom. The summed E-state index contributed by atoms with van der Waals surface area (Å²) in [5.41, 5.74) is 1.18. The molecule has 3 aromatic heterocycles. The molecule has 0 saturated carbocycles. The predicted molar refractivity (Wildman–Crippen MR) is 65.3 cm³/mol. The Bertz CT molecular complexity index is 692. The molecule has 0 fully saturated rings. The minimum Gasteiger partial charge on any atom is -0.296 e. The summed E-state index contributed by atoms with van der Waals surface area (Å²) in [6, 6.07) is 0. The van der Waals surface area contributed by atoms with E-state index in [1.54, 1.807) is 23.7 Å². The Morgan fingerprint density at radius 3 is 3.00 bits per heavy atom. The van der Waals surface area contributed by atoms with Crippen molar-refractivity contribution in [2.24, 2.45) is 0 Å². The van der Waals surface area contributed by atoms with Gasteiger partial charge in [-0.1, -0.05) is 11.6 Å². The largest absolute Gasteiger partial charge is 0.296 e. The van der Waals surface area contributed by atoms with Crippen LogP contribution in [0.4, 0.5) is 0 Å². The summed E-state index contributed by atoms with van der Waals surface area (Å²) in [7, 11) is 0. The Kier molecular flexibility index (Phi) is 2.27. The number of hydrogen-bond donors (Lipinski definition) is 0. The van der Waals surface area contributed by atoms with Gasteiger partial charge >= 0.3 is 0 Å². The molecule has 86 valence electrons. The van der Waals surface area contributed by atoms with E-state index >= 15 is 0 Å². The van der Waals surface area contributed by atoms with Crippen LogP contribution in [0.25, 0.3) is 10.8 Å². The molecule has 3 aromatic rings. The van der Waals surface area contributed by atoms with Crippen LogP contribution in [-0.4, -0.2) is 25.5 Å². The van der Waals surface area contributed by atoms with Crippen molar-refractivity contribution < 1.29 is 4.79 Å². The fourth-order valence-electron chi connectivity index (χ4n) is 1.62. The molecule has 0 saturated heterocycles. The molecule has 0 N–H and O–H groups in total. The van der Waals surface area contributed by atoms with Crippen molar-refractivity contribution in [2.45, 2.75) is 6.92 Å². The highest BCUT2D eigenvalue weighted by Crippen LogP contribution is 2.21. The molecule has 0 aromatic carbocycles. The van der Waals surface area contributed by atoms with Gasteiger partial charge in [0.15, 0.2) is 17.1 Å². The minimum absolute atomic E-state index is 0.473. The van der Waals surface area contributed by atoms with Gasteiger partial charge in [-0.15, -0.1) is 11.3 Å². The average molecular weight is 267 g/mol. The van der Waals surface area contributed by atoms with E-state index in [-0.39, 0.29) is 0 Å². The van der Waals surface area contributed by atoms with E-state index < -0.39 is 0 Å². The van der Waals surface area contributed by atoms with Gasteiger partial charge in [-0.2, -0.15) is 10.1 Å². The molecule has 0 unspecified atom stereocenters. The summed E-state index contributed by atoms with van der Waals surface area (Å²) in [4.78, 5) is 16.3. The van der Waals surface area contributed by atoms with Crippen molar-refractivity contribution in [2.75, 3.05) is 0 Å². The number of rotatable bonds is 2. The Hall–Kier alpha value is -1.66. The van der Waals surface area contributed by atoms with E-state index in [9.17, 15) is 4.79 Å². The summed E-state index contributed by atoms with van der Waals surface area (Å²) >= 11 is 7.41. The van der Waals surface area contributed by atoms with Crippen molar-refractivity contribution in [3.05, 3.63) is 34.2 Å². The maximum absolute atomic E-state index is 11.1. The maximum Gasteiger partial charge on any atom is 0.196 e. The van der Waals surface area contributed by atoms with Gasteiger partial charge in [0.25, 0.3) is 0 Å². The van der Waals surface area contributed by atoms with Crippen molar-refractivity contribution in [3.8, 4) is 5.82 Å². The van der Waals surface area contributed by atoms with Crippen LogP contribution in [0, 0.1) is 6.92 Å². The Balaban J connectivity index is 2.28. The lowest BCUT2D eigenvalue weighted by Gasteiger charge is -1.96. The summed E-state index contributed by atoms with van der Waals surface area (Å²) in [6.45, 7) is 1.80. The zero-order valence-electron chi connectivity index (χ0n) is 8.79. The van der Waals surface area contributed by atoms with Crippen LogP contribution < -0.4 is 0 Å². The first-order valence-corrected chi connectivity index (χ1v) is 6.09. The highest BCUT2D eigenvalue weighted by atomic mass is 35.5. The average Bonchev–Trinajstić information content (AvgIpc) is 2.93. The number of thiazole rings is 1.